The Balaban J connectivity index is 2.15. The van der Waals surface area contributed by atoms with Gasteiger partial charge in [-0.25, -0.2) is 8.42 Å². The number of hydrogen-bond donors (Lipinski definition) is 1. The first kappa shape index (κ1) is 15.9. The van der Waals surface area contributed by atoms with Crippen LogP contribution in [0.5, 0.6) is 0 Å². The van der Waals surface area contributed by atoms with E-state index in [4.69, 9.17) is 9.47 Å². The molecule has 1 aliphatic carbocycles. The first-order valence-corrected chi connectivity index (χ1v) is 8.48. The fourth-order valence-electron chi connectivity index (χ4n) is 2.30. The van der Waals surface area contributed by atoms with E-state index in [-0.39, 0.29) is 5.25 Å². The molecule has 0 aromatic heterocycles. The van der Waals surface area contributed by atoms with Crippen molar-refractivity contribution in [3.63, 3.8) is 0 Å². The number of sulfone groups is 1. The van der Waals surface area contributed by atoms with E-state index in [9.17, 15) is 8.42 Å². The van der Waals surface area contributed by atoms with Crippen molar-refractivity contribution in [1.29, 1.82) is 0 Å². The molecule has 0 radical (unpaired) electrons. The number of nitrogens with one attached hydrogen (secondary N) is 1. The Kier molecular flexibility index (Phi) is 7.14. The zero-order valence-corrected chi connectivity index (χ0v) is 12.2. The summed E-state index contributed by atoms with van der Waals surface area (Å²) < 4.78 is 33.3. The normalized spacial score (nSPS) is 25.2. The highest BCUT2D eigenvalue weighted by Gasteiger charge is 2.28. The van der Waals surface area contributed by atoms with Gasteiger partial charge in [-0.05, 0) is 19.3 Å². The van der Waals surface area contributed by atoms with E-state index in [0.29, 0.717) is 25.9 Å². The molecule has 1 N–H and O–H groups in total. The third-order valence-corrected chi connectivity index (χ3v) is 4.98. The Hall–Kier alpha value is -0.170. The lowest BCUT2D eigenvalue weighted by molar-refractivity contribution is 0.0705. The van der Waals surface area contributed by atoms with Gasteiger partial charge in [0.05, 0.1) is 25.1 Å². The molecular weight excluding hydrogens is 254 g/mol. The van der Waals surface area contributed by atoms with Crippen LogP contribution < -0.4 is 5.32 Å². The fraction of sp³-hybridized carbons (Fsp3) is 1.00. The Morgan fingerprint density at radius 1 is 1.22 bits per heavy atom. The molecule has 0 aromatic carbocycles. The predicted octanol–water partition coefficient (Wildman–Crippen LogP) is 0.595. The summed E-state index contributed by atoms with van der Waals surface area (Å²) in [6.45, 7) is 2.63. The van der Waals surface area contributed by atoms with Crippen molar-refractivity contribution in [2.24, 2.45) is 0 Å². The average Bonchev–Trinajstić information content (AvgIpc) is 2.33. The highest BCUT2D eigenvalue weighted by molar-refractivity contribution is 7.91. The van der Waals surface area contributed by atoms with Gasteiger partial charge in [-0.1, -0.05) is 6.42 Å². The second-order valence-electron chi connectivity index (χ2n) is 4.87. The van der Waals surface area contributed by atoms with Crippen LogP contribution in [0.25, 0.3) is 0 Å². The summed E-state index contributed by atoms with van der Waals surface area (Å²) in [6.07, 6.45) is 4.93. The van der Waals surface area contributed by atoms with E-state index in [1.54, 1.807) is 7.11 Å². The predicted molar refractivity (Wildman–Crippen MR) is 71.6 cm³/mol. The van der Waals surface area contributed by atoms with Gasteiger partial charge in [-0.2, -0.15) is 0 Å². The summed E-state index contributed by atoms with van der Waals surface area (Å²) in [4.78, 5) is 0. The van der Waals surface area contributed by atoms with Crippen molar-refractivity contribution in [3.05, 3.63) is 0 Å². The zero-order chi connectivity index (χ0) is 13.4. The molecule has 6 heteroatoms. The van der Waals surface area contributed by atoms with E-state index in [0.717, 1.165) is 32.2 Å². The van der Waals surface area contributed by atoms with Crippen LogP contribution in [-0.2, 0) is 19.3 Å². The van der Waals surface area contributed by atoms with Crippen molar-refractivity contribution >= 4 is 9.84 Å². The van der Waals surface area contributed by atoms with Gasteiger partial charge < -0.3 is 14.8 Å². The first-order chi connectivity index (χ1) is 8.54. The van der Waals surface area contributed by atoms with Crippen LogP contribution in [0.2, 0.25) is 0 Å². The fourth-order valence-corrected chi connectivity index (χ4v) is 3.48. The maximum atomic E-state index is 11.5. The van der Waals surface area contributed by atoms with Crippen molar-refractivity contribution in [1.82, 2.24) is 5.32 Å². The highest BCUT2D eigenvalue weighted by Crippen LogP contribution is 2.23. The van der Waals surface area contributed by atoms with E-state index < -0.39 is 9.84 Å². The van der Waals surface area contributed by atoms with Crippen LogP contribution >= 0.6 is 0 Å². The summed E-state index contributed by atoms with van der Waals surface area (Å²) in [7, 11) is -1.24. The van der Waals surface area contributed by atoms with E-state index >= 15 is 0 Å². The number of hydrogen-bond acceptors (Lipinski definition) is 5. The minimum Gasteiger partial charge on any atom is -0.382 e. The summed E-state index contributed by atoms with van der Waals surface area (Å²) >= 11 is 0. The van der Waals surface area contributed by atoms with Crippen LogP contribution in [0.3, 0.4) is 0 Å². The van der Waals surface area contributed by atoms with Crippen molar-refractivity contribution in [3.8, 4) is 0 Å². The minimum atomic E-state index is -2.89. The molecule has 0 spiro atoms. The molecule has 1 aliphatic rings. The van der Waals surface area contributed by atoms with Crippen molar-refractivity contribution in [2.75, 3.05) is 39.7 Å². The quantitative estimate of drug-likeness (QED) is 0.659. The largest absolute Gasteiger partial charge is 0.382 e. The lowest BCUT2D eigenvalue weighted by atomic mass is 9.95. The molecule has 18 heavy (non-hydrogen) atoms. The summed E-state index contributed by atoms with van der Waals surface area (Å²) in [5.41, 5.74) is 0. The molecule has 108 valence electrons. The Morgan fingerprint density at radius 2 is 2.00 bits per heavy atom. The van der Waals surface area contributed by atoms with Crippen LogP contribution in [0, 0.1) is 0 Å². The standard InChI is InChI=1S/C12H25NO4S/c1-16-8-9-17-7-6-13-11-4-3-5-12(10-11)18(2,14)15/h11-13H,3-10H2,1-2H3. The van der Waals surface area contributed by atoms with Crippen molar-refractivity contribution < 1.29 is 17.9 Å². The Morgan fingerprint density at radius 3 is 2.67 bits per heavy atom. The monoisotopic (exact) mass is 279 g/mol. The van der Waals surface area contributed by atoms with E-state index in [1.165, 1.54) is 6.26 Å². The molecule has 1 rings (SSSR count). The summed E-state index contributed by atoms with van der Waals surface area (Å²) in [6, 6.07) is 0.310. The molecule has 0 aliphatic heterocycles. The Bertz CT molecular complexity index is 318. The maximum Gasteiger partial charge on any atom is 0.150 e. The second kappa shape index (κ2) is 8.09. The van der Waals surface area contributed by atoms with E-state index in [2.05, 4.69) is 5.32 Å². The lowest BCUT2D eigenvalue weighted by Gasteiger charge is -2.28. The summed E-state index contributed by atoms with van der Waals surface area (Å²) in [5, 5.41) is 3.20. The molecule has 5 nitrogen and oxygen atoms in total. The third-order valence-electron chi connectivity index (χ3n) is 3.34. The average molecular weight is 279 g/mol. The molecule has 1 saturated carbocycles. The second-order valence-corrected chi connectivity index (χ2v) is 7.20. The highest BCUT2D eigenvalue weighted by atomic mass is 32.2. The SMILES string of the molecule is COCCOCCNC1CCCC(S(C)(=O)=O)C1. The molecule has 0 aromatic rings. The minimum absolute atomic E-state index is 0.168. The smallest absolute Gasteiger partial charge is 0.150 e. The molecule has 0 heterocycles. The van der Waals surface area contributed by atoms with Crippen LogP contribution in [0.15, 0.2) is 0 Å². The lowest BCUT2D eigenvalue weighted by Crippen LogP contribution is -2.40. The van der Waals surface area contributed by atoms with Gasteiger partial charge in [0, 0.05) is 26.0 Å². The Labute approximate surface area is 110 Å². The van der Waals surface area contributed by atoms with Crippen LogP contribution in [0.4, 0.5) is 0 Å². The topological polar surface area (TPSA) is 64.6 Å². The first-order valence-electron chi connectivity index (χ1n) is 6.53. The molecular formula is C12H25NO4S. The van der Waals surface area contributed by atoms with Crippen LogP contribution in [0.1, 0.15) is 25.7 Å². The third kappa shape index (κ3) is 6.13. The van der Waals surface area contributed by atoms with Crippen molar-refractivity contribution in [2.45, 2.75) is 37.0 Å². The van der Waals surface area contributed by atoms with Gasteiger partial charge in [-0.15, -0.1) is 0 Å². The van der Waals surface area contributed by atoms with Gasteiger partial charge in [0.15, 0.2) is 0 Å². The molecule has 2 atom stereocenters. The molecule has 2 unspecified atom stereocenters. The molecule has 0 bridgehead atoms. The number of rotatable bonds is 8. The molecule has 0 amide bonds. The van der Waals surface area contributed by atoms with E-state index in [1.807, 2.05) is 0 Å². The maximum absolute atomic E-state index is 11.5. The van der Waals surface area contributed by atoms with Gasteiger partial charge >= 0.3 is 0 Å². The zero-order valence-electron chi connectivity index (χ0n) is 11.4. The van der Waals surface area contributed by atoms with Gasteiger partial charge in [-0.3, -0.25) is 0 Å². The van der Waals surface area contributed by atoms with Gasteiger partial charge in [0.1, 0.15) is 9.84 Å². The van der Waals surface area contributed by atoms with Crippen LogP contribution in [-0.4, -0.2) is 59.4 Å². The molecule has 1 fully saturated rings. The number of methoxy groups -OCH3 is 1. The molecule has 0 saturated heterocycles. The van der Waals surface area contributed by atoms with Gasteiger partial charge in [0.2, 0.25) is 0 Å². The summed E-state index contributed by atoms with van der Waals surface area (Å²) in [5.74, 6) is 0. The van der Waals surface area contributed by atoms with Gasteiger partial charge in [0.25, 0.3) is 0 Å². The number of ether oxygens (including phenoxy) is 2.